The molecule has 0 aliphatic carbocycles. The second-order valence-corrected chi connectivity index (χ2v) is 9.36. The Bertz CT molecular complexity index is 694. The van der Waals surface area contributed by atoms with E-state index in [1.165, 1.54) is 19.3 Å². The molecule has 0 radical (unpaired) electrons. The van der Waals surface area contributed by atoms with E-state index in [4.69, 9.17) is 0 Å². The maximum Gasteiger partial charge on any atom is 0.254 e. The van der Waals surface area contributed by atoms with Crippen molar-refractivity contribution in [1.29, 1.82) is 0 Å². The highest BCUT2D eigenvalue weighted by atomic mass is 32.2. The Morgan fingerprint density at radius 2 is 1.72 bits per heavy atom. The minimum absolute atomic E-state index is 0.0277. The second-order valence-electron chi connectivity index (χ2n) is 7.08. The smallest absolute Gasteiger partial charge is 0.254 e. The van der Waals surface area contributed by atoms with Gasteiger partial charge in [0, 0.05) is 24.7 Å². The van der Waals surface area contributed by atoms with Crippen molar-refractivity contribution in [1.82, 2.24) is 9.80 Å². The number of amides is 1. The lowest BCUT2D eigenvalue weighted by Crippen LogP contribution is -2.44. The van der Waals surface area contributed by atoms with E-state index in [-0.39, 0.29) is 22.6 Å². The van der Waals surface area contributed by atoms with E-state index in [9.17, 15) is 13.2 Å². The van der Waals surface area contributed by atoms with Crippen LogP contribution in [-0.4, -0.2) is 62.1 Å². The summed E-state index contributed by atoms with van der Waals surface area (Å²) in [5.74, 6) is 0.101. The van der Waals surface area contributed by atoms with E-state index in [0.29, 0.717) is 5.56 Å². The third kappa shape index (κ3) is 4.23. The van der Waals surface area contributed by atoms with Crippen molar-refractivity contribution in [3.8, 4) is 0 Å². The summed E-state index contributed by atoms with van der Waals surface area (Å²) in [7, 11) is -3.22. The van der Waals surface area contributed by atoms with Gasteiger partial charge in [-0.25, -0.2) is 8.42 Å². The van der Waals surface area contributed by atoms with E-state index >= 15 is 0 Å². The summed E-state index contributed by atoms with van der Waals surface area (Å²) in [6.07, 6.45) is 5.94. The molecule has 1 aromatic rings. The number of nitrogens with zero attached hydrogens (tertiary/aromatic N) is 2. The SMILES string of the molecule is CCS(=O)(=O)c1ccc(C(=O)N2CCCC2CN2CCCCC2)cc1. The zero-order valence-corrected chi connectivity index (χ0v) is 15.8. The Kier molecular flexibility index (Phi) is 5.79. The van der Waals surface area contributed by atoms with Gasteiger partial charge in [0.25, 0.3) is 5.91 Å². The summed E-state index contributed by atoms with van der Waals surface area (Å²) in [5.41, 5.74) is 0.584. The molecule has 25 heavy (non-hydrogen) atoms. The highest BCUT2D eigenvalue weighted by molar-refractivity contribution is 7.91. The molecular weight excluding hydrogens is 336 g/mol. The average molecular weight is 365 g/mol. The van der Waals surface area contributed by atoms with Crippen LogP contribution in [0.4, 0.5) is 0 Å². The van der Waals surface area contributed by atoms with Gasteiger partial charge in [-0.05, 0) is 63.0 Å². The van der Waals surface area contributed by atoms with E-state index < -0.39 is 9.84 Å². The number of rotatable bonds is 5. The standard InChI is InChI=1S/C19H28N2O3S/c1-2-25(23,24)18-10-8-16(9-11-18)19(22)21-14-6-7-17(21)15-20-12-4-3-5-13-20/h8-11,17H,2-7,12-15H2,1H3. The Balaban J connectivity index is 1.68. The first kappa shape index (κ1) is 18.4. The normalized spacial score (nSPS) is 22.3. The van der Waals surface area contributed by atoms with Gasteiger partial charge < -0.3 is 9.80 Å². The molecule has 2 aliphatic heterocycles. The fourth-order valence-electron chi connectivity index (χ4n) is 3.87. The predicted octanol–water partition coefficient (Wildman–Crippen LogP) is 2.57. The first-order valence-corrected chi connectivity index (χ1v) is 11.0. The van der Waals surface area contributed by atoms with Gasteiger partial charge in [-0.15, -0.1) is 0 Å². The minimum atomic E-state index is -3.22. The van der Waals surface area contributed by atoms with Crippen molar-refractivity contribution in [2.75, 3.05) is 31.9 Å². The Morgan fingerprint density at radius 1 is 1.04 bits per heavy atom. The van der Waals surface area contributed by atoms with Crippen LogP contribution in [0.25, 0.3) is 0 Å². The molecule has 2 aliphatic rings. The van der Waals surface area contributed by atoms with Crippen LogP contribution in [-0.2, 0) is 9.84 Å². The van der Waals surface area contributed by atoms with Crippen molar-refractivity contribution < 1.29 is 13.2 Å². The number of benzene rings is 1. The van der Waals surface area contributed by atoms with Crippen LogP contribution >= 0.6 is 0 Å². The van der Waals surface area contributed by atoms with E-state index in [2.05, 4.69) is 4.90 Å². The van der Waals surface area contributed by atoms with E-state index in [0.717, 1.165) is 39.0 Å². The number of hydrogen-bond donors (Lipinski definition) is 0. The first-order valence-electron chi connectivity index (χ1n) is 9.37. The highest BCUT2D eigenvalue weighted by Crippen LogP contribution is 2.23. The lowest BCUT2D eigenvalue weighted by Gasteiger charge is -2.33. The number of piperidine rings is 1. The molecule has 0 N–H and O–H groups in total. The molecule has 5 nitrogen and oxygen atoms in total. The lowest BCUT2D eigenvalue weighted by molar-refractivity contribution is 0.0690. The number of hydrogen-bond acceptors (Lipinski definition) is 4. The Hall–Kier alpha value is -1.40. The van der Waals surface area contributed by atoms with Gasteiger partial charge in [0.05, 0.1) is 10.6 Å². The minimum Gasteiger partial charge on any atom is -0.334 e. The van der Waals surface area contributed by atoms with Crippen LogP contribution in [0.2, 0.25) is 0 Å². The molecule has 0 aromatic heterocycles. The van der Waals surface area contributed by atoms with Gasteiger partial charge in [-0.2, -0.15) is 0 Å². The zero-order chi connectivity index (χ0) is 17.9. The largest absolute Gasteiger partial charge is 0.334 e. The van der Waals surface area contributed by atoms with Crippen molar-refractivity contribution in [3.63, 3.8) is 0 Å². The topological polar surface area (TPSA) is 57.7 Å². The quantitative estimate of drug-likeness (QED) is 0.806. The van der Waals surface area contributed by atoms with Crippen LogP contribution in [0.15, 0.2) is 29.2 Å². The zero-order valence-electron chi connectivity index (χ0n) is 15.0. The molecule has 0 saturated carbocycles. The van der Waals surface area contributed by atoms with Gasteiger partial charge in [-0.1, -0.05) is 13.3 Å². The van der Waals surface area contributed by atoms with Crippen LogP contribution in [0.3, 0.4) is 0 Å². The monoisotopic (exact) mass is 364 g/mol. The van der Waals surface area contributed by atoms with Gasteiger partial charge in [-0.3, -0.25) is 4.79 Å². The molecule has 1 aromatic carbocycles. The summed E-state index contributed by atoms with van der Waals surface area (Å²) >= 11 is 0. The molecule has 2 saturated heterocycles. The van der Waals surface area contributed by atoms with Gasteiger partial charge in [0.2, 0.25) is 0 Å². The first-order chi connectivity index (χ1) is 12.0. The maximum atomic E-state index is 12.9. The molecule has 1 atom stereocenters. The van der Waals surface area contributed by atoms with E-state index in [1.807, 2.05) is 4.90 Å². The number of likely N-dealkylation sites (tertiary alicyclic amines) is 2. The van der Waals surface area contributed by atoms with Crippen LogP contribution in [0.1, 0.15) is 49.4 Å². The summed E-state index contributed by atoms with van der Waals surface area (Å²) < 4.78 is 23.8. The Labute approximate surface area is 150 Å². The molecule has 0 bridgehead atoms. The molecule has 0 spiro atoms. The number of carbonyl (C=O) groups is 1. The lowest BCUT2D eigenvalue weighted by atomic mass is 10.1. The fourth-order valence-corrected chi connectivity index (χ4v) is 4.75. The van der Waals surface area contributed by atoms with Crippen molar-refractivity contribution in [2.24, 2.45) is 0 Å². The van der Waals surface area contributed by atoms with Crippen LogP contribution in [0, 0.1) is 0 Å². The second kappa shape index (κ2) is 7.87. The predicted molar refractivity (Wildman–Crippen MR) is 98.5 cm³/mol. The maximum absolute atomic E-state index is 12.9. The number of sulfone groups is 1. The fraction of sp³-hybridized carbons (Fsp3) is 0.632. The summed E-state index contributed by atoms with van der Waals surface area (Å²) in [4.78, 5) is 17.6. The van der Waals surface area contributed by atoms with Crippen molar-refractivity contribution in [2.45, 2.75) is 50.0 Å². The highest BCUT2D eigenvalue weighted by Gasteiger charge is 2.31. The number of carbonyl (C=O) groups excluding carboxylic acids is 1. The third-order valence-corrected chi connectivity index (χ3v) is 7.15. The summed E-state index contributed by atoms with van der Waals surface area (Å²) in [5, 5.41) is 0. The molecule has 1 unspecified atom stereocenters. The van der Waals surface area contributed by atoms with Crippen LogP contribution in [0.5, 0.6) is 0 Å². The van der Waals surface area contributed by atoms with Crippen molar-refractivity contribution in [3.05, 3.63) is 29.8 Å². The van der Waals surface area contributed by atoms with Gasteiger partial charge in [0.15, 0.2) is 9.84 Å². The van der Waals surface area contributed by atoms with Gasteiger partial charge in [0.1, 0.15) is 0 Å². The molecule has 3 rings (SSSR count). The molecular formula is C19H28N2O3S. The molecule has 2 fully saturated rings. The average Bonchev–Trinajstić information content (AvgIpc) is 3.10. The van der Waals surface area contributed by atoms with Crippen LogP contribution < -0.4 is 0 Å². The van der Waals surface area contributed by atoms with Gasteiger partial charge >= 0.3 is 0 Å². The summed E-state index contributed by atoms with van der Waals surface area (Å²) in [6, 6.07) is 6.70. The Morgan fingerprint density at radius 3 is 2.36 bits per heavy atom. The molecule has 138 valence electrons. The molecule has 2 heterocycles. The molecule has 1 amide bonds. The summed E-state index contributed by atoms with van der Waals surface area (Å²) in [6.45, 7) is 5.68. The third-order valence-electron chi connectivity index (χ3n) is 5.40. The van der Waals surface area contributed by atoms with Crippen molar-refractivity contribution >= 4 is 15.7 Å². The van der Waals surface area contributed by atoms with E-state index in [1.54, 1.807) is 31.2 Å². The molecule has 6 heteroatoms.